The minimum absolute atomic E-state index is 0.275. The minimum atomic E-state index is -0.431. The number of rotatable bonds is 7. The maximum Gasteiger partial charge on any atom is 0.266 e. The zero-order valence-corrected chi connectivity index (χ0v) is 23.8. The summed E-state index contributed by atoms with van der Waals surface area (Å²) in [6, 6.07) is 17.3. The van der Waals surface area contributed by atoms with Crippen molar-refractivity contribution in [3.8, 4) is 23.0 Å². The third-order valence-electron chi connectivity index (χ3n) is 7.59. The lowest BCUT2D eigenvalue weighted by Gasteiger charge is -2.16. The van der Waals surface area contributed by atoms with Gasteiger partial charge in [-0.05, 0) is 85.8 Å². The normalized spacial score (nSPS) is 14.1. The molecule has 0 saturated carbocycles. The summed E-state index contributed by atoms with van der Waals surface area (Å²) >= 11 is 1.77. The van der Waals surface area contributed by atoms with Crippen molar-refractivity contribution < 1.29 is 23.8 Å². The number of aromatic nitrogens is 2. The number of methoxy groups -OCH3 is 2. The Morgan fingerprint density at radius 1 is 0.810 bits per heavy atom. The number of hydrogen-bond acceptors (Lipinski definition) is 9. The number of imide groups is 1. The summed E-state index contributed by atoms with van der Waals surface area (Å²) in [6.45, 7) is 0. The number of nitrogens with one attached hydrogen (secondary N) is 1. The van der Waals surface area contributed by atoms with Crippen LogP contribution >= 0.6 is 11.3 Å². The Hall–Kier alpha value is -4.96. The fraction of sp³-hybridized carbons (Fsp3) is 0.188. The van der Waals surface area contributed by atoms with Gasteiger partial charge in [0, 0.05) is 16.6 Å². The molecule has 0 unspecified atom stereocenters. The van der Waals surface area contributed by atoms with Crippen LogP contribution in [-0.4, -0.2) is 36.0 Å². The molecule has 0 atom stereocenters. The highest BCUT2D eigenvalue weighted by Crippen LogP contribution is 2.40. The number of nitrogens with zero attached hydrogens (tertiary/aromatic N) is 3. The second kappa shape index (κ2) is 10.5. The Balaban J connectivity index is 1.09. The molecule has 3 heterocycles. The number of carbonyl (C=O) groups is 2. The van der Waals surface area contributed by atoms with Gasteiger partial charge in [0.25, 0.3) is 11.8 Å². The summed E-state index contributed by atoms with van der Waals surface area (Å²) in [5.41, 5.74) is 3.23. The molecule has 42 heavy (non-hydrogen) atoms. The van der Waals surface area contributed by atoms with Crippen molar-refractivity contribution in [2.75, 3.05) is 24.4 Å². The van der Waals surface area contributed by atoms with E-state index >= 15 is 0 Å². The largest absolute Gasteiger partial charge is 0.493 e. The van der Waals surface area contributed by atoms with Crippen LogP contribution < -0.4 is 24.4 Å². The number of anilines is 3. The fourth-order valence-electron chi connectivity index (χ4n) is 5.55. The average molecular weight is 579 g/mol. The van der Waals surface area contributed by atoms with E-state index in [4.69, 9.17) is 14.2 Å². The Labute approximate surface area is 245 Å². The van der Waals surface area contributed by atoms with Crippen LogP contribution in [0.25, 0.3) is 10.2 Å². The number of amides is 2. The second-order valence-corrected chi connectivity index (χ2v) is 11.1. The van der Waals surface area contributed by atoms with Crippen LogP contribution in [0.5, 0.6) is 23.0 Å². The van der Waals surface area contributed by atoms with Crippen molar-refractivity contribution in [2.45, 2.75) is 25.7 Å². The number of ether oxygens (including phenoxy) is 3. The first-order valence-corrected chi connectivity index (χ1v) is 14.4. The van der Waals surface area contributed by atoms with Gasteiger partial charge in [-0.2, -0.15) is 0 Å². The first kappa shape index (κ1) is 26.0. The summed E-state index contributed by atoms with van der Waals surface area (Å²) in [6.07, 6.45) is 6.19. The van der Waals surface area contributed by atoms with Gasteiger partial charge in [0.05, 0.1) is 36.4 Å². The smallest absolute Gasteiger partial charge is 0.266 e. The molecule has 0 bridgehead atoms. The predicted molar refractivity (Wildman–Crippen MR) is 161 cm³/mol. The third kappa shape index (κ3) is 4.40. The summed E-state index contributed by atoms with van der Waals surface area (Å²) in [5, 5.41) is 4.57. The molecule has 7 rings (SSSR count). The van der Waals surface area contributed by atoms with Crippen molar-refractivity contribution in [3.05, 3.63) is 88.6 Å². The first-order chi connectivity index (χ1) is 20.5. The highest BCUT2D eigenvalue weighted by Gasteiger charge is 2.37. The maximum atomic E-state index is 13.3. The molecule has 210 valence electrons. The molecule has 10 heteroatoms. The zero-order chi connectivity index (χ0) is 28.8. The second-order valence-electron chi connectivity index (χ2n) is 10.1. The van der Waals surface area contributed by atoms with Gasteiger partial charge in [-0.3, -0.25) is 9.59 Å². The minimum Gasteiger partial charge on any atom is -0.493 e. The molecule has 0 radical (unpaired) electrons. The van der Waals surface area contributed by atoms with Crippen molar-refractivity contribution in [2.24, 2.45) is 0 Å². The van der Waals surface area contributed by atoms with Crippen molar-refractivity contribution in [1.82, 2.24) is 9.97 Å². The molecule has 2 amide bonds. The highest BCUT2D eigenvalue weighted by molar-refractivity contribution is 7.19. The van der Waals surface area contributed by atoms with Gasteiger partial charge in [-0.1, -0.05) is 0 Å². The summed E-state index contributed by atoms with van der Waals surface area (Å²) in [5.74, 6) is 1.95. The number of hydrogen-bond donors (Lipinski definition) is 1. The molecule has 9 nitrogen and oxygen atoms in total. The van der Waals surface area contributed by atoms with Crippen LogP contribution in [-0.2, 0) is 12.8 Å². The van der Waals surface area contributed by atoms with Crippen LogP contribution in [0.2, 0.25) is 0 Å². The lowest BCUT2D eigenvalue weighted by Crippen LogP contribution is -2.29. The average Bonchev–Trinajstić information content (AvgIpc) is 3.52. The van der Waals surface area contributed by atoms with Crippen molar-refractivity contribution in [1.29, 1.82) is 0 Å². The molecule has 0 spiro atoms. The molecule has 2 aromatic heterocycles. The van der Waals surface area contributed by atoms with Crippen molar-refractivity contribution in [3.63, 3.8) is 0 Å². The molecule has 1 aliphatic heterocycles. The summed E-state index contributed by atoms with van der Waals surface area (Å²) < 4.78 is 16.7. The molecule has 3 aromatic carbocycles. The summed E-state index contributed by atoms with van der Waals surface area (Å²) in [4.78, 5) is 39.1. The zero-order valence-electron chi connectivity index (χ0n) is 23.0. The molecule has 1 N–H and O–H groups in total. The van der Waals surface area contributed by atoms with Crippen LogP contribution in [0.1, 0.15) is 44.0 Å². The number of fused-ring (bicyclic) bond motifs is 4. The highest BCUT2D eigenvalue weighted by atomic mass is 32.1. The SMILES string of the molecule is COc1ccc(N2C(=O)c3ccc(Oc4ccc(Nc5ncnc6sc7c(c56)CCCC7)cc4)cc3C2=O)cc1OC. The van der Waals surface area contributed by atoms with Crippen LogP contribution in [0.3, 0.4) is 0 Å². The number of benzene rings is 3. The number of aryl methyl sites for hydroxylation is 2. The standard InChI is InChI=1S/C32H26N4O5S/c1-39-25-14-9-19(15-26(25)40-2)36-31(37)22-13-12-21(16-24(22)32(36)38)41-20-10-7-18(8-11-20)35-29-28-23-5-3-4-6-27(23)42-30(28)34-17-33-29/h7-17H,3-6H2,1-2H3,(H,33,34,35). The van der Waals surface area contributed by atoms with Gasteiger partial charge in [0.2, 0.25) is 0 Å². The first-order valence-electron chi connectivity index (χ1n) is 13.6. The monoisotopic (exact) mass is 578 g/mol. The predicted octanol–water partition coefficient (Wildman–Crippen LogP) is 6.92. The van der Waals surface area contributed by atoms with E-state index in [1.807, 2.05) is 24.3 Å². The van der Waals surface area contributed by atoms with E-state index in [0.29, 0.717) is 34.2 Å². The maximum absolute atomic E-state index is 13.3. The number of carbonyl (C=O) groups excluding carboxylic acids is 2. The Morgan fingerprint density at radius 3 is 2.38 bits per heavy atom. The van der Waals surface area contributed by atoms with Gasteiger partial charge in [0.1, 0.15) is 28.5 Å². The Bertz CT molecular complexity index is 1870. The molecular weight excluding hydrogens is 552 g/mol. The molecule has 0 fully saturated rings. The lowest BCUT2D eigenvalue weighted by atomic mass is 9.97. The van der Waals surface area contributed by atoms with Crippen LogP contribution in [0, 0.1) is 0 Å². The Kier molecular flexibility index (Phi) is 6.47. The quantitative estimate of drug-likeness (QED) is 0.208. The number of thiophene rings is 1. The van der Waals surface area contributed by atoms with Gasteiger partial charge < -0.3 is 19.5 Å². The Morgan fingerprint density at radius 2 is 1.57 bits per heavy atom. The molecule has 2 aliphatic rings. The van der Waals surface area contributed by atoms with E-state index in [0.717, 1.165) is 39.5 Å². The molecule has 1 aliphatic carbocycles. The summed E-state index contributed by atoms with van der Waals surface area (Å²) in [7, 11) is 3.03. The molecule has 0 saturated heterocycles. The van der Waals surface area contributed by atoms with E-state index in [-0.39, 0.29) is 5.56 Å². The van der Waals surface area contributed by atoms with Crippen LogP contribution in [0.15, 0.2) is 67.0 Å². The van der Waals surface area contributed by atoms with E-state index in [1.54, 1.807) is 54.1 Å². The van der Waals surface area contributed by atoms with E-state index in [9.17, 15) is 9.59 Å². The third-order valence-corrected chi connectivity index (χ3v) is 8.79. The van der Waals surface area contributed by atoms with Gasteiger partial charge in [-0.15, -0.1) is 11.3 Å². The fourth-order valence-corrected chi connectivity index (χ4v) is 6.77. The topological polar surface area (TPSA) is 103 Å². The van der Waals surface area contributed by atoms with E-state index < -0.39 is 11.8 Å². The van der Waals surface area contributed by atoms with E-state index in [1.165, 1.54) is 37.5 Å². The van der Waals surface area contributed by atoms with Gasteiger partial charge in [0.15, 0.2) is 11.5 Å². The van der Waals surface area contributed by atoms with Gasteiger partial charge in [-0.25, -0.2) is 14.9 Å². The molecular formula is C32H26N4O5S. The van der Waals surface area contributed by atoms with Gasteiger partial charge >= 0.3 is 0 Å². The lowest BCUT2D eigenvalue weighted by molar-refractivity contribution is 0.0926. The van der Waals surface area contributed by atoms with Crippen LogP contribution in [0.4, 0.5) is 17.2 Å². The van der Waals surface area contributed by atoms with E-state index in [2.05, 4.69) is 15.3 Å². The molecule has 5 aromatic rings. The van der Waals surface area contributed by atoms with Crippen molar-refractivity contribution >= 4 is 50.6 Å².